The van der Waals surface area contributed by atoms with E-state index in [1.807, 2.05) is 18.2 Å². The van der Waals surface area contributed by atoms with Gasteiger partial charge in [0.05, 0.1) is 11.4 Å². The second kappa shape index (κ2) is 6.57. The molecule has 1 amide bonds. The molecular formula is C16H17BrN2O. The zero-order valence-electron chi connectivity index (χ0n) is 11.3. The zero-order valence-corrected chi connectivity index (χ0v) is 12.9. The van der Waals surface area contributed by atoms with Gasteiger partial charge in [-0.1, -0.05) is 40.2 Å². The van der Waals surface area contributed by atoms with Gasteiger partial charge in [0.15, 0.2) is 0 Å². The van der Waals surface area contributed by atoms with Crippen molar-refractivity contribution in [1.29, 1.82) is 0 Å². The molecule has 0 bridgehead atoms. The van der Waals surface area contributed by atoms with Crippen molar-refractivity contribution >= 4 is 33.2 Å². The molecule has 0 saturated heterocycles. The molecular weight excluding hydrogens is 316 g/mol. The summed E-state index contributed by atoms with van der Waals surface area (Å²) in [5, 5.41) is 2.84. The Morgan fingerprint density at radius 3 is 2.70 bits per heavy atom. The van der Waals surface area contributed by atoms with Crippen molar-refractivity contribution in [3.8, 4) is 0 Å². The molecule has 0 saturated carbocycles. The SMILES string of the molecule is Cc1ccccc1CCC(=O)Nc1ccc(Br)cc1N. The monoisotopic (exact) mass is 332 g/mol. The van der Waals surface area contributed by atoms with Gasteiger partial charge in [0.1, 0.15) is 0 Å². The van der Waals surface area contributed by atoms with Crippen LogP contribution in [0.3, 0.4) is 0 Å². The first-order valence-electron chi connectivity index (χ1n) is 6.45. The van der Waals surface area contributed by atoms with Crippen LogP contribution < -0.4 is 11.1 Å². The van der Waals surface area contributed by atoms with Gasteiger partial charge in [0.2, 0.25) is 5.91 Å². The quantitative estimate of drug-likeness (QED) is 0.834. The second-order valence-electron chi connectivity index (χ2n) is 4.71. The normalized spacial score (nSPS) is 10.3. The number of nitrogens with one attached hydrogen (secondary N) is 1. The van der Waals surface area contributed by atoms with Crippen LogP contribution in [0, 0.1) is 6.92 Å². The van der Waals surface area contributed by atoms with E-state index in [1.165, 1.54) is 11.1 Å². The van der Waals surface area contributed by atoms with Gasteiger partial charge in [0, 0.05) is 10.9 Å². The summed E-state index contributed by atoms with van der Waals surface area (Å²) in [6.45, 7) is 2.06. The third kappa shape index (κ3) is 3.84. The fraction of sp³-hybridized carbons (Fsp3) is 0.188. The zero-order chi connectivity index (χ0) is 14.5. The fourth-order valence-electron chi connectivity index (χ4n) is 2.00. The van der Waals surface area contributed by atoms with Gasteiger partial charge in [0.25, 0.3) is 0 Å². The van der Waals surface area contributed by atoms with E-state index in [0.717, 1.165) is 10.9 Å². The van der Waals surface area contributed by atoms with E-state index in [2.05, 4.69) is 40.3 Å². The van der Waals surface area contributed by atoms with Gasteiger partial charge in [-0.15, -0.1) is 0 Å². The number of anilines is 2. The van der Waals surface area contributed by atoms with Gasteiger partial charge < -0.3 is 11.1 Å². The van der Waals surface area contributed by atoms with E-state index >= 15 is 0 Å². The Balaban J connectivity index is 1.94. The first-order chi connectivity index (χ1) is 9.56. The number of nitrogen functional groups attached to an aromatic ring is 1. The number of amides is 1. The number of rotatable bonds is 4. The predicted octanol–water partition coefficient (Wildman–Crippen LogP) is 3.91. The lowest BCUT2D eigenvalue weighted by Gasteiger charge is -2.09. The van der Waals surface area contributed by atoms with Crippen molar-refractivity contribution in [2.24, 2.45) is 0 Å². The third-order valence-corrected chi connectivity index (χ3v) is 3.66. The van der Waals surface area contributed by atoms with E-state index in [1.54, 1.807) is 12.1 Å². The molecule has 0 aliphatic carbocycles. The average molecular weight is 333 g/mol. The largest absolute Gasteiger partial charge is 0.397 e. The van der Waals surface area contributed by atoms with Crippen LogP contribution in [0.2, 0.25) is 0 Å². The van der Waals surface area contributed by atoms with Crippen molar-refractivity contribution in [3.63, 3.8) is 0 Å². The maximum absolute atomic E-state index is 12.0. The van der Waals surface area contributed by atoms with Crippen molar-refractivity contribution in [2.75, 3.05) is 11.1 Å². The summed E-state index contributed by atoms with van der Waals surface area (Å²) in [5.74, 6) is -0.0257. The van der Waals surface area contributed by atoms with E-state index in [4.69, 9.17) is 5.73 Å². The Hall–Kier alpha value is -1.81. The molecule has 0 fully saturated rings. The minimum atomic E-state index is -0.0257. The van der Waals surface area contributed by atoms with Crippen LogP contribution in [0.4, 0.5) is 11.4 Å². The number of halogens is 1. The van der Waals surface area contributed by atoms with Crippen molar-refractivity contribution in [2.45, 2.75) is 19.8 Å². The fourth-order valence-corrected chi connectivity index (χ4v) is 2.38. The topological polar surface area (TPSA) is 55.1 Å². The highest BCUT2D eigenvalue weighted by Gasteiger charge is 2.07. The standard InChI is InChI=1S/C16H17BrN2O/c1-11-4-2-3-5-12(11)6-9-16(20)19-15-8-7-13(17)10-14(15)18/h2-5,7-8,10H,6,9,18H2,1H3,(H,19,20). The number of carbonyl (C=O) groups is 1. The van der Waals surface area contributed by atoms with Gasteiger partial charge >= 0.3 is 0 Å². The maximum Gasteiger partial charge on any atom is 0.224 e. The number of hydrogen-bond acceptors (Lipinski definition) is 2. The number of aryl methyl sites for hydroxylation is 2. The highest BCUT2D eigenvalue weighted by molar-refractivity contribution is 9.10. The van der Waals surface area contributed by atoms with Crippen LogP contribution in [0.25, 0.3) is 0 Å². The molecule has 0 radical (unpaired) electrons. The van der Waals surface area contributed by atoms with Gasteiger partial charge in [-0.05, 0) is 42.7 Å². The van der Waals surface area contributed by atoms with Crippen LogP contribution in [-0.2, 0) is 11.2 Å². The summed E-state index contributed by atoms with van der Waals surface area (Å²) in [6.07, 6.45) is 1.18. The maximum atomic E-state index is 12.0. The molecule has 0 aliphatic heterocycles. The van der Waals surface area contributed by atoms with Crippen LogP contribution in [0.15, 0.2) is 46.9 Å². The summed E-state index contributed by atoms with van der Waals surface area (Å²) in [6, 6.07) is 13.5. The number of nitrogens with two attached hydrogens (primary N) is 1. The molecule has 3 nitrogen and oxygen atoms in total. The van der Waals surface area contributed by atoms with E-state index in [0.29, 0.717) is 17.8 Å². The summed E-state index contributed by atoms with van der Waals surface area (Å²) in [5.41, 5.74) is 9.48. The van der Waals surface area contributed by atoms with Crippen LogP contribution in [-0.4, -0.2) is 5.91 Å². The second-order valence-corrected chi connectivity index (χ2v) is 5.62. The van der Waals surface area contributed by atoms with Gasteiger partial charge in [-0.2, -0.15) is 0 Å². The number of carbonyl (C=O) groups excluding carboxylic acids is 1. The molecule has 0 spiro atoms. The Labute approximate surface area is 127 Å². The van der Waals surface area contributed by atoms with E-state index < -0.39 is 0 Å². The lowest BCUT2D eigenvalue weighted by molar-refractivity contribution is -0.116. The Morgan fingerprint density at radius 2 is 2.00 bits per heavy atom. The molecule has 104 valence electrons. The smallest absolute Gasteiger partial charge is 0.224 e. The van der Waals surface area contributed by atoms with Crippen LogP contribution in [0.1, 0.15) is 17.5 Å². The van der Waals surface area contributed by atoms with Crippen LogP contribution >= 0.6 is 15.9 Å². The average Bonchev–Trinajstić information content (AvgIpc) is 2.41. The minimum absolute atomic E-state index is 0.0257. The third-order valence-electron chi connectivity index (χ3n) is 3.17. The molecule has 3 N–H and O–H groups in total. The minimum Gasteiger partial charge on any atom is -0.397 e. The molecule has 2 rings (SSSR count). The highest BCUT2D eigenvalue weighted by Crippen LogP contribution is 2.23. The molecule has 0 unspecified atom stereocenters. The molecule has 0 atom stereocenters. The highest BCUT2D eigenvalue weighted by atomic mass is 79.9. The summed E-state index contributed by atoms with van der Waals surface area (Å²) < 4.78 is 0.896. The number of hydrogen-bond donors (Lipinski definition) is 2. The van der Waals surface area contributed by atoms with Gasteiger partial charge in [-0.25, -0.2) is 0 Å². The lowest BCUT2D eigenvalue weighted by atomic mass is 10.0. The Kier molecular flexibility index (Phi) is 4.79. The molecule has 4 heteroatoms. The summed E-state index contributed by atoms with van der Waals surface area (Å²) in [7, 11) is 0. The first kappa shape index (κ1) is 14.6. The van der Waals surface area contributed by atoms with Gasteiger partial charge in [-0.3, -0.25) is 4.79 Å². The summed E-state index contributed by atoms with van der Waals surface area (Å²) in [4.78, 5) is 12.0. The molecule has 0 aromatic heterocycles. The molecule has 20 heavy (non-hydrogen) atoms. The lowest BCUT2D eigenvalue weighted by Crippen LogP contribution is -2.13. The Bertz CT molecular complexity index is 626. The van der Waals surface area contributed by atoms with Crippen molar-refractivity contribution in [3.05, 3.63) is 58.1 Å². The molecule has 0 heterocycles. The predicted molar refractivity (Wildman–Crippen MR) is 86.7 cm³/mol. The number of benzene rings is 2. The van der Waals surface area contributed by atoms with Crippen molar-refractivity contribution in [1.82, 2.24) is 0 Å². The first-order valence-corrected chi connectivity index (χ1v) is 7.25. The summed E-state index contributed by atoms with van der Waals surface area (Å²) >= 11 is 3.34. The van der Waals surface area contributed by atoms with Crippen LogP contribution in [0.5, 0.6) is 0 Å². The molecule has 2 aromatic carbocycles. The van der Waals surface area contributed by atoms with Crippen molar-refractivity contribution < 1.29 is 4.79 Å². The van der Waals surface area contributed by atoms with E-state index in [9.17, 15) is 4.79 Å². The van der Waals surface area contributed by atoms with E-state index in [-0.39, 0.29) is 5.91 Å². The Morgan fingerprint density at radius 1 is 1.25 bits per heavy atom. The molecule has 2 aromatic rings. The molecule has 0 aliphatic rings.